The van der Waals surface area contributed by atoms with Crippen LogP contribution in [0.1, 0.15) is 11.1 Å². The second kappa shape index (κ2) is 6.64. The molecule has 4 aromatic carbocycles. The first kappa shape index (κ1) is 15.2. The Balaban J connectivity index is 2.03. The van der Waals surface area contributed by atoms with Crippen LogP contribution in [0.15, 0.2) is 90.6 Å². The van der Waals surface area contributed by atoms with E-state index in [1.54, 1.807) is 0 Å². The van der Waals surface area contributed by atoms with Crippen LogP contribution in [-0.2, 0) is 0 Å². The molecular formula is C22H17ClSi. The van der Waals surface area contributed by atoms with Gasteiger partial charge in [-0.15, -0.1) is 0 Å². The van der Waals surface area contributed by atoms with E-state index in [4.69, 9.17) is 11.1 Å². The summed E-state index contributed by atoms with van der Waals surface area (Å²) >= 11 is 6.26. The molecule has 0 aromatic heterocycles. The van der Waals surface area contributed by atoms with Crippen molar-refractivity contribution in [3.63, 3.8) is 0 Å². The summed E-state index contributed by atoms with van der Waals surface area (Å²) in [5.74, 6) is 0. The lowest BCUT2D eigenvalue weighted by molar-refractivity contribution is 1.62. The normalized spacial score (nSPS) is 11.4. The molecular weight excluding hydrogens is 328 g/mol. The fourth-order valence-electron chi connectivity index (χ4n) is 3.36. The third kappa shape index (κ3) is 2.66. The summed E-state index contributed by atoms with van der Waals surface area (Å²) in [6, 6.07) is 30.1. The highest BCUT2D eigenvalue weighted by atomic mass is 35.6. The van der Waals surface area contributed by atoms with Crippen LogP contribution in [0.4, 0.5) is 0 Å². The van der Waals surface area contributed by atoms with Gasteiger partial charge in [0.15, 0.2) is 0 Å². The van der Waals surface area contributed by atoms with Crippen molar-refractivity contribution in [3.05, 3.63) is 102 Å². The van der Waals surface area contributed by atoms with Gasteiger partial charge in [0.2, 0.25) is 0 Å². The second-order valence-electron chi connectivity index (χ2n) is 5.83. The first-order chi connectivity index (χ1) is 11.9. The minimum Gasteiger partial charge on any atom is -0.171 e. The minimum absolute atomic E-state index is 0.744. The molecule has 0 nitrogen and oxygen atoms in total. The van der Waals surface area contributed by atoms with Crippen LogP contribution in [-0.4, -0.2) is 8.83 Å². The first-order valence-electron chi connectivity index (χ1n) is 8.11. The Hall–Kier alpha value is -2.35. The average molecular weight is 345 g/mol. The quantitative estimate of drug-likeness (QED) is 0.330. The van der Waals surface area contributed by atoms with Crippen LogP contribution in [0, 0.1) is 0 Å². The monoisotopic (exact) mass is 344 g/mol. The highest BCUT2D eigenvalue weighted by Gasteiger charge is 2.11. The van der Waals surface area contributed by atoms with Gasteiger partial charge in [0.25, 0.3) is 0 Å². The fourth-order valence-corrected chi connectivity index (χ4v) is 4.42. The molecule has 0 heterocycles. The van der Waals surface area contributed by atoms with Crippen LogP contribution in [0.5, 0.6) is 0 Å². The van der Waals surface area contributed by atoms with Gasteiger partial charge in [-0.05, 0) is 38.2 Å². The minimum atomic E-state index is -0.744. The van der Waals surface area contributed by atoms with Gasteiger partial charge < -0.3 is 0 Å². The number of rotatable bonds is 3. The van der Waals surface area contributed by atoms with E-state index in [2.05, 4.69) is 90.6 Å². The van der Waals surface area contributed by atoms with E-state index in [9.17, 15) is 0 Å². The number of fused-ring (bicyclic) bond motifs is 2. The summed E-state index contributed by atoms with van der Waals surface area (Å²) in [5.41, 5.74) is 6.03. The molecule has 0 fully saturated rings. The van der Waals surface area contributed by atoms with Crippen molar-refractivity contribution in [2.75, 3.05) is 0 Å². The number of hydrogen-bond acceptors (Lipinski definition) is 0. The van der Waals surface area contributed by atoms with Gasteiger partial charge in [-0.25, -0.2) is 0 Å². The Labute approximate surface area is 148 Å². The van der Waals surface area contributed by atoms with Crippen LogP contribution >= 0.6 is 11.1 Å². The fraction of sp³-hybridized carbons (Fsp3) is 0. The molecule has 24 heavy (non-hydrogen) atoms. The van der Waals surface area contributed by atoms with E-state index >= 15 is 0 Å². The molecule has 4 rings (SSSR count). The second-order valence-corrected chi connectivity index (χ2v) is 7.47. The molecule has 0 radical (unpaired) electrons. The maximum atomic E-state index is 6.26. The molecule has 0 spiro atoms. The summed E-state index contributed by atoms with van der Waals surface area (Å²) in [7, 11) is -0.744. The Morgan fingerprint density at radius 1 is 0.625 bits per heavy atom. The van der Waals surface area contributed by atoms with E-state index in [0.29, 0.717) is 0 Å². The van der Waals surface area contributed by atoms with Gasteiger partial charge >= 0.3 is 0 Å². The average Bonchev–Trinajstić information content (AvgIpc) is 2.65. The van der Waals surface area contributed by atoms with Gasteiger partial charge in [-0.2, -0.15) is 11.1 Å². The summed E-state index contributed by atoms with van der Waals surface area (Å²) < 4.78 is 0. The van der Waals surface area contributed by atoms with E-state index < -0.39 is 8.83 Å². The third-order valence-corrected chi connectivity index (χ3v) is 5.47. The molecule has 0 aliphatic carbocycles. The van der Waals surface area contributed by atoms with Crippen molar-refractivity contribution < 1.29 is 0 Å². The zero-order valence-electron chi connectivity index (χ0n) is 13.2. The molecule has 0 saturated carbocycles. The van der Waals surface area contributed by atoms with E-state index in [-0.39, 0.29) is 0 Å². The van der Waals surface area contributed by atoms with E-state index in [0.717, 1.165) is 0 Å². The van der Waals surface area contributed by atoms with Gasteiger partial charge in [0.1, 0.15) is 8.83 Å². The third-order valence-electron chi connectivity index (χ3n) is 4.44. The van der Waals surface area contributed by atoms with Crippen LogP contribution in [0.25, 0.3) is 27.1 Å². The number of benzene rings is 4. The Morgan fingerprint density at radius 3 is 1.58 bits per heavy atom. The smallest absolute Gasteiger partial charge is 0.149 e. The number of hydrogen-bond donors (Lipinski definition) is 0. The molecule has 4 aromatic rings. The molecule has 0 N–H and O–H groups in total. The van der Waals surface area contributed by atoms with Crippen molar-refractivity contribution >= 4 is 47.0 Å². The first-order valence-corrected chi connectivity index (χ1v) is 11.1. The van der Waals surface area contributed by atoms with Crippen molar-refractivity contribution in [1.29, 1.82) is 0 Å². The lowest BCUT2D eigenvalue weighted by atomic mass is 9.91. The molecule has 0 unspecified atom stereocenters. The van der Waals surface area contributed by atoms with Crippen molar-refractivity contribution in [3.8, 4) is 0 Å². The van der Waals surface area contributed by atoms with E-state index in [1.807, 2.05) is 0 Å². The Kier molecular flexibility index (Phi) is 4.20. The molecule has 0 saturated heterocycles. The highest BCUT2D eigenvalue weighted by Crippen LogP contribution is 2.33. The largest absolute Gasteiger partial charge is 0.171 e. The van der Waals surface area contributed by atoms with Gasteiger partial charge in [0, 0.05) is 0 Å². The zero-order valence-corrected chi connectivity index (χ0v) is 15.4. The Bertz CT molecular complexity index is 958. The van der Waals surface area contributed by atoms with Crippen LogP contribution in [0.2, 0.25) is 0 Å². The molecule has 116 valence electrons. The Morgan fingerprint density at radius 2 is 1.08 bits per heavy atom. The van der Waals surface area contributed by atoms with Gasteiger partial charge in [-0.3, -0.25) is 0 Å². The SMILES string of the molecule is Cl[SiH2]C=C(c1cccc2ccccc12)c1cccc2ccccc12. The van der Waals surface area contributed by atoms with Crippen LogP contribution in [0.3, 0.4) is 0 Å². The van der Waals surface area contributed by atoms with Gasteiger partial charge in [-0.1, -0.05) is 90.6 Å². The topological polar surface area (TPSA) is 0 Å². The predicted octanol–water partition coefficient (Wildman–Crippen LogP) is 5.70. The zero-order chi connectivity index (χ0) is 16.4. The summed E-state index contributed by atoms with van der Waals surface area (Å²) in [6.45, 7) is 0. The molecule has 0 aliphatic heterocycles. The summed E-state index contributed by atoms with van der Waals surface area (Å²) in [5, 5.41) is 5.08. The lowest BCUT2D eigenvalue weighted by Crippen LogP contribution is -1.93. The van der Waals surface area contributed by atoms with Crippen molar-refractivity contribution in [1.82, 2.24) is 0 Å². The standard InChI is InChI=1S/C22H17ClSi/c23-24-15-22(20-13-5-9-16-7-1-3-11-18(16)20)21-14-6-10-17-8-2-4-12-19(17)21/h1-15H,24H2. The summed E-state index contributed by atoms with van der Waals surface area (Å²) in [4.78, 5) is 0. The van der Waals surface area contributed by atoms with Gasteiger partial charge in [0.05, 0.1) is 0 Å². The molecule has 0 atom stereocenters. The van der Waals surface area contributed by atoms with E-state index in [1.165, 1.54) is 38.2 Å². The van der Waals surface area contributed by atoms with Crippen molar-refractivity contribution in [2.24, 2.45) is 0 Å². The molecule has 0 amide bonds. The molecule has 0 aliphatic rings. The molecule has 0 bridgehead atoms. The van der Waals surface area contributed by atoms with Crippen LogP contribution < -0.4 is 0 Å². The number of halogens is 1. The highest BCUT2D eigenvalue weighted by molar-refractivity contribution is 6.97. The maximum Gasteiger partial charge on any atom is 0.149 e. The van der Waals surface area contributed by atoms with Crippen molar-refractivity contribution in [2.45, 2.75) is 0 Å². The predicted molar refractivity (Wildman–Crippen MR) is 109 cm³/mol. The summed E-state index contributed by atoms with van der Waals surface area (Å²) in [6.07, 6.45) is 0. The lowest BCUT2D eigenvalue weighted by Gasteiger charge is -2.14. The maximum absolute atomic E-state index is 6.26. The molecule has 2 heteroatoms.